The third-order valence-electron chi connectivity index (χ3n) is 6.46. The predicted molar refractivity (Wildman–Crippen MR) is 139 cm³/mol. The highest BCUT2D eigenvalue weighted by atomic mass is 19.1. The van der Waals surface area contributed by atoms with Crippen LogP contribution in [0.1, 0.15) is 56.6 Å². The Balaban J connectivity index is 1.56. The molecule has 1 atom stereocenters. The quantitative estimate of drug-likeness (QED) is 0.297. The van der Waals surface area contributed by atoms with E-state index >= 15 is 4.39 Å². The Kier molecular flexibility index (Phi) is 6.41. The van der Waals surface area contributed by atoms with Crippen LogP contribution in [0.25, 0.3) is 33.8 Å². The summed E-state index contributed by atoms with van der Waals surface area (Å²) in [5.41, 5.74) is 4.16. The van der Waals surface area contributed by atoms with E-state index in [-0.39, 0.29) is 17.8 Å². The molecule has 0 N–H and O–H groups in total. The van der Waals surface area contributed by atoms with Gasteiger partial charge in [-0.05, 0) is 44.4 Å². The minimum absolute atomic E-state index is 0.114. The molecule has 0 fully saturated rings. The van der Waals surface area contributed by atoms with Gasteiger partial charge in [0, 0.05) is 18.9 Å². The van der Waals surface area contributed by atoms with Crippen molar-refractivity contribution in [3.8, 4) is 28.7 Å². The van der Waals surface area contributed by atoms with E-state index in [0.29, 0.717) is 40.8 Å². The average molecular weight is 501 g/mol. The molecule has 0 saturated carbocycles. The molecule has 0 aliphatic carbocycles. The number of benzene rings is 1. The zero-order valence-electron chi connectivity index (χ0n) is 21.8. The second-order valence-corrected chi connectivity index (χ2v) is 9.27. The summed E-state index contributed by atoms with van der Waals surface area (Å²) in [6.07, 6.45) is 6.84. The molecular formula is C27H29FN8O. The lowest BCUT2D eigenvalue weighted by atomic mass is 10.0. The van der Waals surface area contributed by atoms with Gasteiger partial charge in [0.25, 0.3) is 0 Å². The fourth-order valence-corrected chi connectivity index (χ4v) is 4.54. The molecular weight excluding hydrogens is 471 g/mol. The maximum atomic E-state index is 15.3. The summed E-state index contributed by atoms with van der Waals surface area (Å²) in [6.45, 7) is 10.7. The SMILES string of the molecule is CCn1cc(C)nc1-c1ccc(C(C)n2ncc3cnc(-c4c(OC)ncnc4C(C)C)nc32)cc1F. The summed E-state index contributed by atoms with van der Waals surface area (Å²) in [6, 6.07) is 4.95. The summed E-state index contributed by atoms with van der Waals surface area (Å²) < 4.78 is 24.6. The monoisotopic (exact) mass is 500 g/mol. The van der Waals surface area contributed by atoms with Gasteiger partial charge in [-0.3, -0.25) is 0 Å². The molecule has 4 aromatic heterocycles. The Hall–Kier alpha value is -4.21. The molecule has 37 heavy (non-hydrogen) atoms. The first-order valence-corrected chi connectivity index (χ1v) is 12.2. The molecule has 1 unspecified atom stereocenters. The summed E-state index contributed by atoms with van der Waals surface area (Å²) in [5.74, 6) is 1.27. The first-order valence-electron chi connectivity index (χ1n) is 12.2. The maximum absolute atomic E-state index is 15.3. The molecule has 4 heterocycles. The van der Waals surface area contributed by atoms with Crippen LogP contribution in [0.15, 0.2) is 43.1 Å². The first kappa shape index (κ1) is 24.5. The summed E-state index contributed by atoms with van der Waals surface area (Å²) in [7, 11) is 1.56. The normalized spacial score (nSPS) is 12.4. The number of rotatable bonds is 7. The van der Waals surface area contributed by atoms with Gasteiger partial charge in [0.05, 0.1) is 41.7 Å². The van der Waals surface area contributed by atoms with Crippen LogP contribution < -0.4 is 4.74 Å². The Labute approximate surface area is 214 Å². The lowest BCUT2D eigenvalue weighted by Crippen LogP contribution is -2.11. The molecule has 190 valence electrons. The number of aryl methyl sites for hydroxylation is 2. The number of fused-ring (bicyclic) bond motifs is 1. The summed E-state index contributed by atoms with van der Waals surface area (Å²) in [5, 5.41) is 5.33. The van der Waals surface area contributed by atoms with Gasteiger partial charge in [-0.1, -0.05) is 19.9 Å². The van der Waals surface area contributed by atoms with Crippen molar-refractivity contribution in [2.75, 3.05) is 7.11 Å². The number of ether oxygens (including phenoxy) is 1. The van der Waals surface area contributed by atoms with Crippen LogP contribution in [0, 0.1) is 12.7 Å². The van der Waals surface area contributed by atoms with Gasteiger partial charge in [0.2, 0.25) is 5.88 Å². The molecule has 0 saturated heterocycles. The number of hydrogen-bond acceptors (Lipinski definition) is 7. The topological polar surface area (TPSA) is 96.4 Å². The number of nitrogens with zero attached hydrogens (tertiary/aromatic N) is 8. The zero-order valence-corrected chi connectivity index (χ0v) is 21.8. The van der Waals surface area contributed by atoms with Gasteiger partial charge in [0.15, 0.2) is 11.5 Å². The lowest BCUT2D eigenvalue weighted by molar-refractivity contribution is 0.397. The minimum atomic E-state index is -0.329. The van der Waals surface area contributed by atoms with Crippen molar-refractivity contribution in [1.29, 1.82) is 0 Å². The van der Waals surface area contributed by atoms with Crippen LogP contribution in [0.3, 0.4) is 0 Å². The van der Waals surface area contributed by atoms with Gasteiger partial charge < -0.3 is 9.30 Å². The number of imidazole rings is 1. The molecule has 0 aliphatic rings. The van der Waals surface area contributed by atoms with Crippen LogP contribution in [0.4, 0.5) is 4.39 Å². The third-order valence-corrected chi connectivity index (χ3v) is 6.46. The fourth-order valence-electron chi connectivity index (χ4n) is 4.54. The van der Waals surface area contributed by atoms with Crippen molar-refractivity contribution >= 4 is 11.0 Å². The van der Waals surface area contributed by atoms with Gasteiger partial charge in [-0.2, -0.15) is 5.10 Å². The Morgan fingerprint density at radius 2 is 1.86 bits per heavy atom. The van der Waals surface area contributed by atoms with E-state index in [1.165, 1.54) is 6.33 Å². The number of halogens is 1. The molecule has 0 bridgehead atoms. The average Bonchev–Trinajstić information content (AvgIpc) is 3.50. The van der Waals surface area contributed by atoms with Crippen molar-refractivity contribution < 1.29 is 9.13 Å². The molecule has 0 radical (unpaired) electrons. The molecule has 5 aromatic rings. The Morgan fingerprint density at radius 3 is 2.57 bits per heavy atom. The van der Waals surface area contributed by atoms with E-state index in [1.807, 2.05) is 51.4 Å². The summed E-state index contributed by atoms with van der Waals surface area (Å²) in [4.78, 5) is 22.6. The van der Waals surface area contributed by atoms with E-state index in [2.05, 4.69) is 25.0 Å². The van der Waals surface area contributed by atoms with Crippen LogP contribution in [-0.2, 0) is 6.54 Å². The van der Waals surface area contributed by atoms with Crippen molar-refractivity contribution in [1.82, 2.24) is 39.3 Å². The number of hydrogen-bond donors (Lipinski definition) is 0. The molecule has 1 aromatic carbocycles. The first-order chi connectivity index (χ1) is 17.8. The van der Waals surface area contributed by atoms with Crippen LogP contribution in [-0.4, -0.2) is 46.4 Å². The molecule has 0 aliphatic heterocycles. The smallest absolute Gasteiger partial charge is 0.227 e. The van der Waals surface area contributed by atoms with E-state index in [1.54, 1.807) is 36.3 Å². The van der Waals surface area contributed by atoms with Crippen LogP contribution in [0.2, 0.25) is 0 Å². The van der Waals surface area contributed by atoms with Crippen molar-refractivity contribution in [3.05, 3.63) is 65.9 Å². The molecule has 0 spiro atoms. The zero-order chi connectivity index (χ0) is 26.3. The van der Waals surface area contributed by atoms with E-state index in [4.69, 9.17) is 9.72 Å². The second-order valence-electron chi connectivity index (χ2n) is 9.27. The Bertz CT molecular complexity index is 1590. The van der Waals surface area contributed by atoms with Crippen LogP contribution in [0.5, 0.6) is 5.88 Å². The largest absolute Gasteiger partial charge is 0.480 e. The molecule has 0 amide bonds. The maximum Gasteiger partial charge on any atom is 0.227 e. The molecule has 9 nitrogen and oxygen atoms in total. The third kappa shape index (κ3) is 4.32. The molecule has 10 heteroatoms. The van der Waals surface area contributed by atoms with Crippen LogP contribution >= 0.6 is 0 Å². The lowest BCUT2D eigenvalue weighted by Gasteiger charge is -2.16. The second kappa shape index (κ2) is 9.68. The standard InChI is InChI=1S/C27H29FN8O/c1-7-35-13-16(4)33-26(35)20-9-8-18(10-21(20)28)17(5)36-25-19(12-32-36)11-29-24(34-25)22-23(15(2)3)30-14-31-27(22)37-6/h8-15,17H,7H2,1-6H3. The summed E-state index contributed by atoms with van der Waals surface area (Å²) >= 11 is 0. The number of aromatic nitrogens is 8. The molecule has 5 rings (SSSR count). The fraction of sp³-hybridized carbons (Fsp3) is 0.333. The van der Waals surface area contributed by atoms with Crippen molar-refractivity contribution in [2.45, 2.75) is 53.1 Å². The van der Waals surface area contributed by atoms with Crippen molar-refractivity contribution in [2.24, 2.45) is 0 Å². The van der Waals surface area contributed by atoms with Gasteiger partial charge in [-0.15, -0.1) is 0 Å². The van der Waals surface area contributed by atoms with E-state index < -0.39 is 0 Å². The predicted octanol–water partition coefficient (Wildman–Crippen LogP) is 5.36. The Morgan fingerprint density at radius 1 is 1.05 bits per heavy atom. The van der Waals surface area contributed by atoms with Gasteiger partial charge >= 0.3 is 0 Å². The number of methoxy groups -OCH3 is 1. The van der Waals surface area contributed by atoms with E-state index in [0.717, 1.165) is 22.3 Å². The minimum Gasteiger partial charge on any atom is -0.480 e. The van der Waals surface area contributed by atoms with Crippen molar-refractivity contribution in [3.63, 3.8) is 0 Å². The highest BCUT2D eigenvalue weighted by molar-refractivity contribution is 5.77. The highest BCUT2D eigenvalue weighted by Gasteiger charge is 2.22. The van der Waals surface area contributed by atoms with Gasteiger partial charge in [0.1, 0.15) is 23.5 Å². The van der Waals surface area contributed by atoms with E-state index in [9.17, 15) is 0 Å². The van der Waals surface area contributed by atoms with Gasteiger partial charge in [-0.25, -0.2) is 34.0 Å². The highest BCUT2D eigenvalue weighted by Crippen LogP contribution is 2.33.